The molecule has 0 aliphatic carbocycles. The molecule has 0 saturated heterocycles. The Labute approximate surface area is 90.9 Å². The minimum atomic E-state index is 0. The van der Waals surface area contributed by atoms with Crippen molar-refractivity contribution in [2.75, 3.05) is 0 Å². The zero-order valence-corrected chi connectivity index (χ0v) is 10.8. The summed E-state index contributed by atoms with van der Waals surface area (Å²) in [5.74, 6) is 0. The third kappa shape index (κ3) is 3.58. The maximum atomic E-state index is 2.31. The van der Waals surface area contributed by atoms with Crippen LogP contribution in [-0.2, 0) is 24.7 Å². The van der Waals surface area contributed by atoms with Crippen molar-refractivity contribution in [3.8, 4) is 0 Å². The molecule has 1 atom stereocenters. The number of hydrogen-bond acceptors (Lipinski definition) is 0. The van der Waals surface area contributed by atoms with Gasteiger partial charge < -0.3 is 24.8 Å². The fraction of sp³-hybridized carbons (Fsp3) is 0.333. The Morgan fingerprint density at radius 1 is 1.30 bits per heavy atom. The zero-order chi connectivity index (χ0) is 6.15. The van der Waals surface area contributed by atoms with Gasteiger partial charge in [0, 0.05) is 0 Å². The Morgan fingerprint density at radius 2 is 1.80 bits per heavy atom. The third-order valence-corrected chi connectivity index (χ3v) is 4.22. The predicted molar refractivity (Wildman–Crippen MR) is 35.1 cm³/mol. The minimum Gasteiger partial charge on any atom is -1.00 e. The molecule has 4 heteroatoms. The quantitative estimate of drug-likeness (QED) is 0.447. The van der Waals surface area contributed by atoms with E-state index in [9.17, 15) is 0 Å². The van der Waals surface area contributed by atoms with E-state index in [1.54, 1.807) is 38.6 Å². The van der Waals surface area contributed by atoms with Crippen LogP contribution in [0.1, 0.15) is 10.6 Å². The van der Waals surface area contributed by atoms with Gasteiger partial charge in [-0.1, -0.05) is 0 Å². The maximum absolute atomic E-state index is 2.31. The maximum Gasteiger partial charge on any atom is -1.00 e. The summed E-state index contributed by atoms with van der Waals surface area (Å²) in [7, 11) is 1.000. The van der Waals surface area contributed by atoms with E-state index in [0.717, 1.165) is 8.19 Å². The monoisotopic (exact) mass is 271 g/mol. The molecule has 1 rings (SSSR count). The first-order valence-electron chi connectivity index (χ1n) is 2.58. The Hall–Kier alpha value is 1.24. The van der Waals surface area contributed by atoms with Crippen LogP contribution in [0.5, 0.6) is 0 Å². The van der Waals surface area contributed by atoms with E-state index in [2.05, 4.69) is 19.9 Å². The molecule has 0 amide bonds. The second-order valence-corrected chi connectivity index (χ2v) is 5.10. The van der Waals surface area contributed by atoms with Crippen LogP contribution in [0, 0.1) is 13.8 Å². The molecule has 0 saturated carbocycles. The summed E-state index contributed by atoms with van der Waals surface area (Å²) in [4.78, 5) is 0. The Balaban J connectivity index is 0. The Kier molecular flexibility index (Phi) is 8.06. The molecule has 0 aliphatic heterocycles. The topological polar surface area (TPSA) is 0 Å². The molecule has 1 unspecified atom stereocenters. The second kappa shape index (κ2) is 5.84. The molecular formula is C6H8Cl2PZr. The van der Waals surface area contributed by atoms with Gasteiger partial charge in [-0.3, -0.25) is 0 Å². The summed E-state index contributed by atoms with van der Waals surface area (Å²) in [6.45, 7) is 4.44. The van der Waals surface area contributed by atoms with E-state index in [-0.39, 0.29) is 24.8 Å². The van der Waals surface area contributed by atoms with Crippen molar-refractivity contribution in [2.24, 2.45) is 0 Å². The number of rotatable bonds is 0. The summed E-state index contributed by atoms with van der Waals surface area (Å²) in [6.07, 6.45) is 0. The van der Waals surface area contributed by atoms with E-state index < -0.39 is 0 Å². The molecule has 0 N–H and O–H groups in total. The van der Waals surface area contributed by atoms with E-state index in [4.69, 9.17) is 0 Å². The van der Waals surface area contributed by atoms with Crippen molar-refractivity contribution < 1.29 is 49.5 Å². The number of hydrogen-bond donors (Lipinski definition) is 0. The van der Waals surface area contributed by atoms with Crippen molar-refractivity contribution in [3.05, 3.63) is 16.7 Å². The van der Waals surface area contributed by atoms with Gasteiger partial charge in [0.05, 0.1) is 0 Å². The molecule has 0 bridgehead atoms. The average Bonchev–Trinajstić information content (AvgIpc) is 1.85. The minimum absolute atomic E-state index is 0. The molecule has 55 valence electrons. The summed E-state index contributed by atoms with van der Waals surface area (Å²) in [5.41, 5.74) is 0. The standard InChI is InChI=1S/C6H8P.2ClH.Zr/c1-5-3-4-6(2)7-5;;;/h3,7H,1-2H3;2*1H;/q;;;+2/p-2. The van der Waals surface area contributed by atoms with Gasteiger partial charge in [-0.15, -0.1) is 0 Å². The summed E-state index contributed by atoms with van der Waals surface area (Å²) < 4.78 is 1.56. The first-order valence-corrected chi connectivity index (χ1v) is 4.81. The Bertz CT molecular complexity index is 178. The van der Waals surface area contributed by atoms with Crippen LogP contribution in [0.15, 0.2) is 6.07 Å². The van der Waals surface area contributed by atoms with Gasteiger partial charge in [0.15, 0.2) is 0 Å². The van der Waals surface area contributed by atoms with Crippen LogP contribution < -0.4 is 28.1 Å². The summed E-state index contributed by atoms with van der Waals surface area (Å²) in [6, 6.07) is 2.31. The second-order valence-electron chi connectivity index (χ2n) is 1.99. The van der Waals surface area contributed by atoms with Gasteiger partial charge in [0.1, 0.15) is 0 Å². The smallest absolute Gasteiger partial charge is 1.00 e. The summed E-state index contributed by atoms with van der Waals surface area (Å²) >= 11 is 1.57. The van der Waals surface area contributed by atoms with Crippen LogP contribution in [0.25, 0.3) is 0 Å². The molecule has 0 spiro atoms. The van der Waals surface area contributed by atoms with E-state index >= 15 is 0 Å². The number of aryl methyl sites for hydroxylation is 2. The molecule has 0 fully saturated rings. The van der Waals surface area contributed by atoms with Gasteiger partial charge in [-0.05, 0) is 0 Å². The van der Waals surface area contributed by atoms with Crippen molar-refractivity contribution >= 4 is 11.5 Å². The fourth-order valence-electron chi connectivity index (χ4n) is 0.724. The zero-order valence-electron chi connectivity index (χ0n) is 5.83. The molecule has 10 heavy (non-hydrogen) atoms. The van der Waals surface area contributed by atoms with Crippen molar-refractivity contribution in [1.82, 2.24) is 0 Å². The molecule has 0 radical (unpaired) electrons. The van der Waals surface area contributed by atoms with Gasteiger partial charge in [0.2, 0.25) is 0 Å². The van der Waals surface area contributed by atoms with Crippen molar-refractivity contribution in [3.63, 3.8) is 0 Å². The van der Waals surface area contributed by atoms with Crippen LogP contribution in [0.2, 0.25) is 0 Å². The molecule has 1 heterocycles. The van der Waals surface area contributed by atoms with Gasteiger partial charge in [-0.25, -0.2) is 0 Å². The van der Waals surface area contributed by atoms with Crippen LogP contribution in [0.3, 0.4) is 0 Å². The molecule has 1 aromatic rings. The number of halogens is 2. The fourth-order valence-corrected chi connectivity index (χ4v) is 3.09. The summed E-state index contributed by atoms with van der Waals surface area (Å²) in [5, 5.41) is 3.15. The largest absolute Gasteiger partial charge is 1.00 e. The molecule has 0 nitrogen and oxygen atoms in total. The van der Waals surface area contributed by atoms with Crippen LogP contribution in [-0.4, -0.2) is 0 Å². The Morgan fingerprint density at radius 3 is 1.90 bits per heavy atom. The van der Waals surface area contributed by atoms with Crippen molar-refractivity contribution in [2.45, 2.75) is 13.8 Å². The third-order valence-electron chi connectivity index (χ3n) is 1.15. The van der Waals surface area contributed by atoms with E-state index in [1.165, 1.54) is 0 Å². The predicted octanol–water partition coefficient (Wildman–Crippen LogP) is -4.49. The molecule has 0 aliphatic rings. The van der Waals surface area contributed by atoms with Gasteiger partial charge >= 0.3 is 66.7 Å². The molecular weight excluding hydrogens is 265 g/mol. The molecule has 1 aromatic heterocycles. The van der Waals surface area contributed by atoms with Crippen LogP contribution in [0.4, 0.5) is 0 Å². The average molecular weight is 273 g/mol. The van der Waals surface area contributed by atoms with E-state index in [0.29, 0.717) is 0 Å². The van der Waals surface area contributed by atoms with Crippen molar-refractivity contribution in [1.29, 1.82) is 0 Å². The molecule has 0 aromatic carbocycles. The van der Waals surface area contributed by atoms with Gasteiger partial charge in [0.25, 0.3) is 0 Å². The van der Waals surface area contributed by atoms with Gasteiger partial charge in [-0.2, -0.15) is 0 Å². The first kappa shape index (κ1) is 13.8. The SMILES string of the molecule is Cc1c[c]([Zr+2])c(C)[pH]1.[Cl-].[Cl-]. The van der Waals surface area contributed by atoms with E-state index in [1.807, 2.05) is 0 Å². The first-order chi connectivity index (χ1) is 3.70. The van der Waals surface area contributed by atoms with Crippen LogP contribution >= 0.6 is 8.19 Å². The normalized spacial score (nSPS) is 8.80.